The van der Waals surface area contributed by atoms with Crippen molar-refractivity contribution in [1.82, 2.24) is 5.32 Å². The summed E-state index contributed by atoms with van der Waals surface area (Å²) in [7, 11) is 0. The molecule has 2 N–H and O–H groups in total. The van der Waals surface area contributed by atoms with E-state index in [4.69, 9.17) is 11.6 Å². The highest BCUT2D eigenvalue weighted by molar-refractivity contribution is 6.30. The van der Waals surface area contributed by atoms with Crippen LogP contribution in [0.3, 0.4) is 0 Å². The highest BCUT2D eigenvalue weighted by Crippen LogP contribution is 2.31. The molecule has 20 heavy (non-hydrogen) atoms. The molecule has 4 nitrogen and oxygen atoms in total. The van der Waals surface area contributed by atoms with Gasteiger partial charge in [0.1, 0.15) is 0 Å². The number of carbonyl (C=O) groups excluding carboxylic acids is 1. The molecule has 0 fully saturated rings. The van der Waals surface area contributed by atoms with E-state index in [0.29, 0.717) is 10.6 Å². The predicted octanol–water partition coefficient (Wildman–Crippen LogP) is 3.27. The van der Waals surface area contributed by atoms with Gasteiger partial charge in [0, 0.05) is 10.6 Å². The molecule has 0 saturated heterocycles. The van der Waals surface area contributed by atoms with Crippen LogP contribution in [0.2, 0.25) is 5.02 Å². The Labute approximate surface area is 124 Å². The zero-order valence-corrected chi connectivity index (χ0v) is 13.1. The number of carboxylic acid groups (broad SMARTS) is 1. The number of amides is 1. The van der Waals surface area contributed by atoms with Gasteiger partial charge in [-0.2, -0.15) is 0 Å². The summed E-state index contributed by atoms with van der Waals surface area (Å²) in [4.78, 5) is 23.6. The molecule has 0 unspecified atom stereocenters. The second kappa shape index (κ2) is 5.44. The second-order valence-electron chi connectivity index (χ2n) is 5.97. The van der Waals surface area contributed by atoms with Gasteiger partial charge in [-0.25, -0.2) is 0 Å². The third kappa shape index (κ3) is 3.12. The van der Waals surface area contributed by atoms with Gasteiger partial charge < -0.3 is 10.4 Å². The van der Waals surface area contributed by atoms with E-state index in [-0.39, 0.29) is 5.91 Å². The number of carboxylic acids is 1. The molecule has 0 radical (unpaired) electrons. The average Bonchev–Trinajstić information content (AvgIpc) is 2.27. The smallest absolute Gasteiger partial charge is 0.311 e. The van der Waals surface area contributed by atoms with Crippen LogP contribution in [-0.2, 0) is 4.79 Å². The van der Waals surface area contributed by atoms with Crippen LogP contribution in [-0.4, -0.2) is 22.5 Å². The first-order chi connectivity index (χ1) is 8.99. The van der Waals surface area contributed by atoms with Crippen molar-refractivity contribution in [3.8, 4) is 0 Å². The number of aliphatic carboxylic acids is 1. The van der Waals surface area contributed by atoms with E-state index in [1.165, 1.54) is 0 Å². The van der Waals surface area contributed by atoms with Crippen molar-refractivity contribution in [3.05, 3.63) is 34.3 Å². The first-order valence-corrected chi connectivity index (χ1v) is 6.69. The maximum absolute atomic E-state index is 12.3. The molecular weight excluding hydrogens is 278 g/mol. The Morgan fingerprint density at radius 1 is 1.20 bits per heavy atom. The third-order valence-electron chi connectivity index (χ3n) is 3.96. The number of hydrogen-bond acceptors (Lipinski definition) is 2. The highest BCUT2D eigenvalue weighted by atomic mass is 35.5. The lowest BCUT2D eigenvalue weighted by molar-refractivity contribution is -0.150. The van der Waals surface area contributed by atoms with Crippen LogP contribution in [0.1, 0.15) is 43.6 Å². The topological polar surface area (TPSA) is 66.4 Å². The molecule has 0 saturated carbocycles. The quantitative estimate of drug-likeness (QED) is 0.896. The van der Waals surface area contributed by atoms with Gasteiger partial charge in [0.25, 0.3) is 5.91 Å². The van der Waals surface area contributed by atoms with Crippen LogP contribution in [0.4, 0.5) is 0 Å². The third-order valence-corrected chi connectivity index (χ3v) is 4.19. The largest absolute Gasteiger partial charge is 0.481 e. The van der Waals surface area contributed by atoms with Crippen molar-refractivity contribution in [2.24, 2.45) is 5.41 Å². The summed E-state index contributed by atoms with van der Waals surface area (Å²) in [6.45, 7) is 8.36. The fraction of sp³-hybridized carbons (Fsp3) is 0.467. The molecule has 1 aromatic carbocycles. The van der Waals surface area contributed by atoms with E-state index in [2.05, 4.69) is 5.32 Å². The average molecular weight is 298 g/mol. The normalized spacial score (nSPS) is 12.1. The molecule has 0 heterocycles. The number of benzene rings is 1. The van der Waals surface area contributed by atoms with E-state index >= 15 is 0 Å². The number of rotatable bonds is 4. The van der Waals surface area contributed by atoms with Gasteiger partial charge in [-0.15, -0.1) is 0 Å². The first-order valence-electron chi connectivity index (χ1n) is 6.31. The Kier molecular flexibility index (Phi) is 4.49. The molecule has 0 aliphatic rings. The SMILES string of the molecule is Cc1cc(Cl)ccc1C(=O)NC(C)(C)C(C)(C)C(=O)O. The summed E-state index contributed by atoms with van der Waals surface area (Å²) in [5, 5.41) is 12.6. The highest BCUT2D eigenvalue weighted by Gasteiger charge is 2.44. The zero-order valence-electron chi connectivity index (χ0n) is 12.4. The minimum Gasteiger partial charge on any atom is -0.481 e. The van der Waals surface area contributed by atoms with Gasteiger partial charge in [0.2, 0.25) is 0 Å². The van der Waals surface area contributed by atoms with E-state index in [1.54, 1.807) is 52.8 Å². The minimum atomic E-state index is -1.09. The van der Waals surface area contributed by atoms with Crippen molar-refractivity contribution in [2.45, 2.75) is 40.2 Å². The molecule has 1 aromatic rings. The van der Waals surface area contributed by atoms with Gasteiger partial charge in [-0.05, 0) is 58.4 Å². The molecule has 0 aromatic heterocycles. The number of hydrogen-bond donors (Lipinski definition) is 2. The molecule has 5 heteroatoms. The maximum Gasteiger partial charge on any atom is 0.311 e. The van der Waals surface area contributed by atoms with E-state index in [1.807, 2.05) is 0 Å². The lowest BCUT2D eigenvalue weighted by atomic mass is 9.74. The number of nitrogens with one attached hydrogen (secondary N) is 1. The Hall–Kier alpha value is -1.55. The second-order valence-corrected chi connectivity index (χ2v) is 6.40. The van der Waals surface area contributed by atoms with Gasteiger partial charge in [0.15, 0.2) is 0 Å². The summed E-state index contributed by atoms with van der Waals surface area (Å²) in [5.41, 5.74) is -0.757. The van der Waals surface area contributed by atoms with Gasteiger partial charge in [-0.1, -0.05) is 11.6 Å². The van der Waals surface area contributed by atoms with Crippen molar-refractivity contribution >= 4 is 23.5 Å². The van der Waals surface area contributed by atoms with Crippen LogP contribution < -0.4 is 5.32 Å². The summed E-state index contributed by atoms with van der Waals surface area (Å²) in [6, 6.07) is 4.97. The zero-order chi connectivity index (χ0) is 15.7. The Balaban J connectivity index is 3.03. The minimum absolute atomic E-state index is 0.307. The molecular formula is C15H20ClNO3. The molecule has 1 rings (SSSR count). The molecule has 0 aliphatic carbocycles. The van der Waals surface area contributed by atoms with Crippen molar-refractivity contribution in [2.75, 3.05) is 0 Å². The van der Waals surface area contributed by atoms with Crippen LogP contribution in [0, 0.1) is 12.3 Å². The number of aryl methyl sites for hydroxylation is 1. The van der Waals surface area contributed by atoms with Crippen LogP contribution in [0.25, 0.3) is 0 Å². The van der Waals surface area contributed by atoms with Crippen molar-refractivity contribution < 1.29 is 14.7 Å². The summed E-state index contributed by atoms with van der Waals surface area (Å²) < 4.78 is 0. The van der Waals surface area contributed by atoms with Crippen LogP contribution >= 0.6 is 11.6 Å². The summed E-state index contributed by atoms with van der Waals surface area (Å²) in [5.74, 6) is -1.27. The van der Waals surface area contributed by atoms with E-state index in [9.17, 15) is 14.7 Å². The van der Waals surface area contributed by atoms with E-state index < -0.39 is 16.9 Å². The van der Waals surface area contributed by atoms with Gasteiger partial charge >= 0.3 is 5.97 Å². The van der Waals surface area contributed by atoms with Crippen LogP contribution in [0.5, 0.6) is 0 Å². The monoisotopic (exact) mass is 297 g/mol. The first kappa shape index (κ1) is 16.5. The molecule has 110 valence electrons. The van der Waals surface area contributed by atoms with Crippen molar-refractivity contribution in [3.63, 3.8) is 0 Å². The Bertz CT molecular complexity index is 550. The summed E-state index contributed by atoms with van der Waals surface area (Å²) >= 11 is 5.86. The van der Waals surface area contributed by atoms with Gasteiger partial charge in [0.05, 0.1) is 11.0 Å². The maximum atomic E-state index is 12.3. The Morgan fingerprint density at radius 3 is 2.20 bits per heavy atom. The fourth-order valence-corrected chi connectivity index (χ4v) is 1.88. The molecule has 0 spiro atoms. The molecule has 1 amide bonds. The van der Waals surface area contributed by atoms with Gasteiger partial charge in [-0.3, -0.25) is 9.59 Å². The molecule has 0 bridgehead atoms. The number of halogens is 1. The van der Waals surface area contributed by atoms with E-state index in [0.717, 1.165) is 5.56 Å². The molecule has 0 aliphatic heterocycles. The summed E-state index contributed by atoms with van der Waals surface area (Å²) in [6.07, 6.45) is 0. The fourth-order valence-electron chi connectivity index (χ4n) is 1.66. The predicted molar refractivity (Wildman–Crippen MR) is 79.2 cm³/mol. The standard InChI is InChI=1S/C15H20ClNO3/c1-9-8-10(16)6-7-11(9)12(18)17-15(4,5)14(2,3)13(19)20/h6-8H,1-5H3,(H,17,18)(H,19,20). The number of carbonyl (C=O) groups is 2. The molecule has 0 atom stereocenters. The van der Waals surface area contributed by atoms with Crippen LogP contribution in [0.15, 0.2) is 18.2 Å². The Morgan fingerprint density at radius 2 is 1.75 bits per heavy atom. The lowest BCUT2D eigenvalue weighted by Crippen LogP contribution is -2.57. The lowest BCUT2D eigenvalue weighted by Gasteiger charge is -2.38. The van der Waals surface area contributed by atoms with Crippen molar-refractivity contribution in [1.29, 1.82) is 0 Å².